The predicted octanol–water partition coefficient (Wildman–Crippen LogP) is 3.65. The van der Waals surface area contributed by atoms with E-state index in [1.165, 1.54) is 14.0 Å². The summed E-state index contributed by atoms with van der Waals surface area (Å²) in [5, 5.41) is 23.8. The molecule has 0 saturated carbocycles. The van der Waals surface area contributed by atoms with Gasteiger partial charge in [-0.1, -0.05) is 20.8 Å². The van der Waals surface area contributed by atoms with Crippen LogP contribution >= 0.6 is 0 Å². The molecule has 0 bridgehead atoms. The predicted molar refractivity (Wildman–Crippen MR) is 207 cm³/mol. The van der Waals surface area contributed by atoms with Crippen molar-refractivity contribution in [3.8, 4) is 0 Å². The average Bonchev–Trinajstić information content (AvgIpc) is 3.43. The highest BCUT2D eigenvalue weighted by Gasteiger charge is 2.58. The molecule has 1 unspecified atom stereocenters. The fraction of sp³-hybridized carbons (Fsp3) is 0.927. The molecule has 2 N–H and O–H groups in total. The zero-order valence-electron chi connectivity index (χ0n) is 36.9. The number of cyclic esters (lactones) is 1. The Morgan fingerprint density at radius 3 is 2.21 bits per heavy atom. The van der Waals surface area contributed by atoms with Gasteiger partial charge in [0.2, 0.25) is 0 Å². The number of carbonyl (C=O) groups excluding carboxylic acids is 3. The average molecular weight is 817 g/mol. The minimum Gasteiger partial charge on any atom is -0.458 e. The number of carbonyl (C=O) groups is 3. The van der Waals surface area contributed by atoms with Crippen LogP contribution in [-0.4, -0.2) is 163 Å². The lowest BCUT2D eigenvalue weighted by Gasteiger charge is -2.49. The summed E-state index contributed by atoms with van der Waals surface area (Å²) in [6, 6.07) is -0.634. The molecule has 4 aliphatic heterocycles. The van der Waals surface area contributed by atoms with Crippen LogP contribution in [0.4, 0.5) is 4.79 Å². The van der Waals surface area contributed by atoms with Crippen LogP contribution in [0, 0.1) is 17.8 Å². The van der Waals surface area contributed by atoms with E-state index in [9.17, 15) is 24.6 Å². The number of aliphatic hydroxyl groups is 2. The van der Waals surface area contributed by atoms with Crippen LogP contribution in [0.3, 0.4) is 0 Å². The van der Waals surface area contributed by atoms with Crippen LogP contribution < -0.4 is 0 Å². The Bertz CT molecular complexity index is 1380. The summed E-state index contributed by atoms with van der Waals surface area (Å²) in [6.07, 6.45) is -8.24. The third-order valence-corrected chi connectivity index (χ3v) is 12.9. The molecule has 4 heterocycles. The number of hydrogen-bond acceptors (Lipinski definition) is 16. The van der Waals surface area contributed by atoms with Gasteiger partial charge in [-0.25, -0.2) is 4.79 Å². The summed E-state index contributed by atoms with van der Waals surface area (Å²) in [5.41, 5.74) is -3.95. The second-order valence-electron chi connectivity index (χ2n) is 18.2. The van der Waals surface area contributed by atoms with Gasteiger partial charge in [0.25, 0.3) is 0 Å². The summed E-state index contributed by atoms with van der Waals surface area (Å²) in [6.45, 7) is 19.9. The lowest BCUT2D eigenvalue weighted by atomic mass is 9.77. The molecule has 0 spiro atoms. The van der Waals surface area contributed by atoms with Crippen LogP contribution in [0.2, 0.25) is 0 Å². The molecule has 18 atom stereocenters. The molecule has 0 aromatic rings. The fourth-order valence-electron chi connectivity index (χ4n) is 9.65. The second-order valence-corrected chi connectivity index (χ2v) is 18.2. The van der Waals surface area contributed by atoms with Gasteiger partial charge >= 0.3 is 18.1 Å². The third kappa shape index (κ3) is 10.4. The molecule has 4 saturated heterocycles. The van der Waals surface area contributed by atoms with Crippen molar-refractivity contribution in [1.82, 2.24) is 9.80 Å². The maximum absolute atomic E-state index is 14.5. The van der Waals surface area contributed by atoms with Crippen molar-refractivity contribution in [3.05, 3.63) is 0 Å². The van der Waals surface area contributed by atoms with Crippen molar-refractivity contribution in [2.45, 2.75) is 192 Å². The SMILES string of the molecule is CC[C@H]1OC(=O)[C@H](C)[C@@H](OC2C[C@@](C)(OC)[C@@H](O)[C@H](C)O2)[C@H](C)[C@@H](O[C@@H]2O[C@H](C)C[C@H](N(C)C)[C@H]2OC(C)=O)[C@](C)(O)C[C@@H](C)CN(C)[C@H](C)[C@@H]2OC(=O)O[C@]12C. The van der Waals surface area contributed by atoms with E-state index in [1.54, 1.807) is 34.6 Å². The zero-order valence-corrected chi connectivity index (χ0v) is 36.9. The molecule has 330 valence electrons. The fourth-order valence-corrected chi connectivity index (χ4v) is 9.65. The van der Waals surface area contributed by atoms with E-state index in [0.717, 1.165) is 0 Å². The van der Waals surface area contributed by atoms with Gasteiger partial charge in [-0.2, -0.15) is 0 Å². The van der Waals surface area contributed by atoms with Gasteiger partial charge in [-0.3, -0.25) is 14.5 Å². The Morgan fingerprint density at radius 1 is 0.982 bits per heavy atom. The van der Waals surface area contributed by atoms with Crippen molar-refractivity contribution in [1.29, 1.82) is 0 Å². The molecule has 16 heteroatoms. The lowest BCUT2D eigenvalue weighted by molar-refractivity contribution is -0.318. The van der Waals surface area contributed by atoms with E-state index in [2.05, 4.69) is 0 Å². The van der Waals surface area contributed by atoms with Crippen molar-refractivity contribution >= 4 is 18.1 Å². The quantitative estimate of drug-likeness (QED) is 0.267. The first-order chi connectivity index (χ1) is 26.4. The first-order valence-corrected chi connectivity index (χ1v) is 20.6. The van der Waals surface area contributed by atoms with Crippen molar-refractivity contribution in [3.63, 3.8) is 0 Å². The first kappa shape index (κ1) is 47.5. The normalized spacial score (nSPS) is 46.9. The molecule has 4 aliphatic rings. The van der Waals surface area contributed by atoms with Gasteiger partial charge in [0, 0.05) is 39.0 Å². The Morgan fingerprint density at radius 2 is 1.63 bits per heavy atom. The topological polar surface area (TPSA) is 181 Å². The van der Waals surface area contributed by atoms with Gasteiger partial charge < -0.3 is 57.7 Å². The van der Waals surface area contributed by atoms with Crippen LogP contribution in [0.25, 0.3) is 0 Å². The van der Waals surface area contributed by atoms with Crippen LogP contribution in [0.5, 0.6) is 0 Å². The van der Waals surface area contributed by atoms with E-state index in [-0.39, 0.29) is 36.9 Å². The molecule has 0 aromatic carbocycles. The zero-order chi connectivity index (χ0) is 42.9. The highest BCUT2D eigenvalue weighted by Crippen LogP contribution is 2.42. The van der Waals surface area contributed by atoms with Gasteiger partial charge in [0.15, 0.2) is 30.4 Å². The number of nitrogens with zero attached hydrogens (tertiary/aromatic N) is 2. The Labute approximate surface area is 339 Å². The Kier molecular flexibility index (Phi) is 15.5. The van der Waals surface area contributed by atoms with Gasteiger partial charge in [0.05, 0.1) is 47.6 Å². The van der Waals surface area contributed by atoms with Gasteiger partial charge in [0.1, 0.15) is 12.2 Å². The molecule has 0 aromatic heterocycles. The summed E-state index contributed by atoms with van der Waals surface area (Å²) in [7, 11) is 7.22. The molecule has 57 heavy (non-hydrogen) atoms. The van der Waals surface area contributed by atoms with E-state index in [1.807, 2.05) is 65.6 Å². The van der Waals surface area contributed by atoms with Crippen molar-refractivity contribution < 1.29 is 67.2 Å². The summed E-state index contributed by atoms with van der Waals surface area (Å²) >= 11 is 0. The van der Waals surface area contributed by atoms with E-state index >= 15 is 0 Å². The number of esters is 2. The number of methoxy groups -OCH3 is 1. The van der Waals surface area contributed by atoms with Crippen LogP contribution in [0.15, 0.2) is 0 Å². The standard InChI is InChI=1S/C41H72N2O14/c1-16-29-41(11)35(56-38(47)57-41)25(6)43(14)20-21(2)18-39(9,48)34(55-37-32(52-27(8)44)28(42(12)13)17-22(3)50-37)23(4)31(24(5)36(46)53-29)54-30-19-40(10,49-15)33(45)26(7)51-30/h21-26,28-35,37,45,48H,16-20H2,1-15H3/t21-,22-,23+,24-,25-,26+,28+,29-,30?,31+,32-,33+,34-,35+,37+,39-,40-,41-/m1/s1. The molecule has 4 fully saturated rings. The maximum Gasteiger partial charge on any atom is 0.509 e. The van der Waals surface area contributed by atoms with Crippen LogP contribution in [0.1, 0.15) is 102 Å². The number of aliphatic hydroxyl groups excluding tert-OH is 1. The van der Waals surface area contributed by atoms with Crippen LogP contribution in [-0.2, 0) is 52.2 Å². The molecule has 4 rings (SSSR count). The lowest BCUT2D eigenvalue weighted by Crippen LogP contribution is -2.61. The highest BCUT2D eigenvalue weighted by atomic mass is 16.8. The minimum absolute atomic E-state index is 0.121. The van der Waals surface area contributed by atoms with Crippen molar-refractivity contribution in [2.24, 2.45) is 17.8 Å². The summed E-state index contributed by atoms with van der Waals surface area (Å²) in [5.74, 6) is -3.08. The third-order valence-electron chi connectivity index (χ3n) is 12.9. The largest absolute Gasteiger partial charge is 0.509 e. The monoisotopic (exact) mass is 816 g/mol. The van der Waals surface area contributed by atoms with Crippen molar-refractivity contribution in [2.75, 3.05) is 34.8 Å². The number of fused-ring (bicyclic) bond motifs is 1. The smallest absolute Gasteiger partial charge is 0.458 e. The summed E-state index contributed by atoms with van der Waals surface area (Å²) < 4.78 is 55.9. The Balaban J connectivity index is 1.87. The Hall–Kier alpha value is -2.15. The second kappa shape index (κ2) is 18.6. The minimum atomic E-state index is -1.59. The van der Waals surface area contributed by atoms with E-state index in [0.29, 0.717) is 19.4 Å². The number of hydrogen-bond donors (Lipinski definition) is 2. The molecule has 0 amide bonds. The molecule has 16 nitrogen and oxygen atoms in total. The molecular weight excluding hydrogens is 744 g/mol. The highest BCUT2D eigenvalue weighted by molar-refractivity contribution is 5.73. The number of rotatable bonds is 8. The maximum atomic E-state index is 14.5. The van der Waals surface area contributed by atoms with Gasteiger partial charge in [-0.05, 0) is 94.8 Å². The summed E-state index contributed by atoms with van der Waals surface area (Å²) in [4.78, 5) is 43.8. The molecule has 0 radical (unpaired) electrons. The molecule has 0 aliphatic carbocycles. The first-order valence-electron chi connectivity index (χ1n) is 20.6. The van der Waals surface area contributed by atoms with E-state index < -0.39 is 102 Å². The number of likely N-dealkylation sites (N-methyl/N-ethyl adjacent to an activating group) is 2. The number of ether oxygens (including phenoxy) is 9. The van der Waals surface area contributed by atoms with E-state index in [4.69, 9.17) is 42.6 Å². The van der Waals surface area contributed by atoms with Gasteiger partial charge in [-0.15, -0.1) is 0 Å². The molecular formula is C41H72N2O14.